The summed E-state index contributed by atoms with van der Waals surface area (Å²) < 4.78 is 10.4. The number of nitrogens with one attached hydrogen (secondary N) is 6. The second-order valence-corrected chi connectivity index (χ2v) is 27.3. The number of aliphatic carboxylic acids is 4. The van der Waals surface area contributed by atoms with Gasteiger partial charge in [-0.1, -0.05) is 40.5 Å². The zero-order valence-corrected chi connectivity index (χ0v) is 73.8. The topological polar surface area (TPSA) is 348 Å². The van der Waals surface area contributed by atoms with Crippen molar-refractivity contribution in [3.05, 3.63) is 150 Å². The molecule has 6 aliphatic heterocycles. The molecule has 6 aromatic heterocycles. The van der Waals surface area contributed by atoms with E-state index in [-0.39, 0.29) is 110 Å². The number of carbonyl (C=O) groups is 4. The van der Waals surface area contributed by atoms with Crippen LogP contribution in [0.15, 0.2) is 48.5 Å². The van der Waals surface area contributed by atoms with Gasteiger partial charge in [-0.2, -0.15) is 0 Å². The molecule has 556 valence electrons. The van der Waals surface area contributed by atoms with Crippen LogP contribution in [0.1, 0.15) is 210 Å². The van der Waals surface area contributed by atoms with E-state index >= 15 is 0 Å². The summed E-state index contributed by atoms with van der Waals surface area (Å²) in [4.78, 5) is 84.7. The van der Waals surface area contributed by atoms with Crippen molar-refractivity contribution in [3.63, 3.8) is 0 Å². The molecule has 16 bridgehead atoms. The summed E-state index contributed by atoms with van der Waals surface area (Å²) in [6.45, 7) is 35.8. The second-order valence-electron chi connectivity index (χ2n) is 27.3. The Morgan fingerprint density at radius 2 is 0.607 bits per heavy atom. The smallest absolute Gasteiger partial charge is 0.677 e. The van der Waals surface area contributed by atoms with Gasteiger partial charge in [0.05, 0.1) is 72.0 Å². The fourth-order valence-corrected chi connectivity index (χ4v) is 14.7. The van der Waals surface area contributed by atoms with E-state index in [4.69, 9.17) is 40.9 Å². The maximum atomic E-state index is 11.4. The van der Waals surface area contributed by atoms with Gasteiger partial charge >= 0.3 is 58.4 Å². The van der Waals surface area contributed by atoms with Gasteiger partial charge in [0.2, 0.25) is 0 Å². The molecule has 6 aromatic rings. The van der Waals surface area contributed by atoms with E-state index in [2.05, 4.69) is 97.3 Å². The number of H-pyrrole nitrogens is 4. The largest absolute Gasteiger partial charge is 2.00 e. The fraction of sp³-hybridized carbons (Fsp3) is 0.463. The summed E-state index contributed by atoms with van der Waals surface area (Å²) in [6, 6.07) is 16.2. The maximum Gasteiger partial charge on any atom is 2.00 e. The number of nitrogens with zero attached hydrogens (tertiary/aromatic N) is 6. The van der Waals surface area contributed by atoms with E-state index in [1.54, 1.807) is 0 Å². The van der Waals surface area contributed by atoms with Gasteiger partial charge in [0, 0.05) is 94.2 Å². The molecule has 0 atom stereocenters. The van der Waals surface area contributed by atoms with Gasteiger partial charge in [-0.25, -0.2) is 19.9 Å². The monoisotopic (exact) mass is 1610 g/mol. The van der Waals surface area contributed by atoms with E-state index in [1.807, 2.05) is 64.1 Å². The van der Waals surface area contributed by atoms with Crippen LogP contribution < -0.4 is 20.4 Å². The minimum atomic E-state index is -1.12. The fourth-order valence-electron chi connectivity index (χ4n) is 14.7. The summed E-state index contributed by atoms with van der Waals surface area (Å²) in [5, 5.41) is 45.7. The minimum Gasteiger partial charge on any atom is -0.677 e. The van der Waals surface area contributed by atoms with E-state index < -0.39 is 23.9 Å². The maximum absolute atomic E-state index is 11.4. The van der Waals surface area contributed by atoms with Crippen LogP contribution in [0.25, 0.3) is 100 Å². The molecule has 22 nitrogen and oxygen atoms in total. The number of aromatic amines is 4. The summed E-state index contributed by atoms with van der Waals surface area (Å²) in [6.07, 6.45) is 5.96. The first-order chi connectivity index (χ1) is 49.9. The molecule has 0 aliphatic carbocycles. The summed E-state index contributed by atoms with van der Waals surface area (Å²) >= 11 is 0. The predicted octanol–water partition coefficient (Wildman–Crippen LogP) is 11.5. The number of ether oxygens (including phenoxy) is 2. The standard InChI is InChI=1S/2C34H38N4O4.2C7H15N2O.3Zn/c2*1-7-21-17(3)25-13-26-19(5)23(9-11-33(39)40)31(37-26)16-32-24(10-12-34(41)42)20(6)28(38-32)15-30-22(8-2)18(4)27(36-30)14-29(21)35-25;2*8-2-1-3-9-4-6-10-7-5-9;;;/h2*13-16,35,38H,7-12H2,1-6H3,(H,39,40)(H,41,42);2*8H,1-7H2;;;/q;;2*-1;3*+2/p-4. The molecule has 0 amide bonds. The van der Waals surface area contributed by atoms with Crippen molar-refractivity contribution in [2.75, 3.05) is 78.8 Å². The molecule has 0 saturated carbocycles. The Labute approximate surface area is 666 Å². The molecule has 12 heterocycles. The molecule has 6 N–H and O–H groups in total. The van der Waals surface area contributed by atoms with Gasteiger partial charge in [-0.05, 0) is 283 Å². The Morgan fingerprint density at radius 1 is 0.364 bits per heavy atom. The Kier molecular flexibility index (Phi) is 34.4. The van der Waals surface area contributed by atoms with Crippen molar-refractivity contribution >= 4 is 113 Å². The van der Waals surface area contributed by atoms with Crippen LogP contribution in [0.2, 0.25) is 0 Å². The van der Waals surface area contributed by atoms with E-state index in [0.29, 0.717) is 24.5 Å². The first kappa shape index (κ1) is 88.6. The Balaban J connectivity index is 0.000000259. The molecule has 0 aromatic carbocycles. The molecule has 0 unspecified atom stereocenters. The van der Waals surface area contributed by atoms with Crippen LogP contribution in [0.4, 0.5) is 0 Å². The number of carbonyl (C=O) groups excluding carboxylic acids is 4. The molecule has 6 aliphatic rings. The summed E-state index contributed by atoms with van der Waals surface area (Å²) in [7, 11) is 0. The van der Waals surface area contributed by atoms with Crippen LogP contribution >= 0.6 is 0 Å². The average molecular weight is 1610 g/mol. The van der Waals surface area contributed by atoms with Crippen LogP contribution in [0, 0.1) is 27.7 Å². The van der Waals surface area contributed by atoms with Gasteiger partial charge in [0.15, 0.2) is 0 Å². The zero-order valence-electron chi connectivity index (χ0n) is 64.9. The SMILES string of the molecule is CCC1=C(C)c2cc3[nH]c(cc4nc(cc5[nH]c(cc1n2)c(C)c5CCC(=O)[O-])C(CCC(=O)[O-])=C4C)c(C)c3CC.CCC1=C(C)c2cc3[nH]c(cc4nc(cc5[nH]c(cc1n2)c(C)c5CCC(=O)[O-])C(CCC(=O)[O-])=C4C)c(C)c3CC.[NH-]CCCN1CCOCC1.[NH-]CCCN1CCOCC1.[Zn+2].[Zn+2].[Zn+2]. The van der Waals surface area contributed by atoms with Gasteiger partial charge < -0.3 is 80.5 Å². The first-order valence-corrected chi connectivity index (χ1v) is 36.9. The molecule has 107 heavy (non-hydrogen) atoms. The van der Waals surface area contributed by atoms with E-state index in [9.17, 15) is 39.6 Å². The van der Waals surface area contributed by atoms with Crippen molar-refractivity contribution in [3.8, 4) is 0 Å². The number of aromatic nitrogens is 8. The Bertz CT molecular complexity index is 4410. The number of fused-ring (bicyclic) bond motifs is 16. The zero-order chi connectivity index (χ0) is 75.1. The summed E-state index contributed by atoms with van der Waals surface area (Å²) in [5.41, 5.74) is 43.8. The molecular weight excluding hydrogens is 1510 g/mol. The molecule has 2 saturated heterocycles. The normalized spacial score (nSPS) is 14.4. The van der Waals surface area contributed by atoms with Crippen LogP contribution in [0.3, 0.4) is 0 Å². The summed E-state index contributed by atoms with van der Waals surface area (Å²) in [5.74, 6) is -4.48. The third-order valence-corrected chi connectivity index (χ3v) is 20.8. The number of carboxylic acid groups (broad SMARTS) is 4. The number of hydrogen-bond acceptors (Lipinski definition) is 16. The minimum absolute atomic E-state index is 0. The van der Waals surface area contributed by atoms with Crippen molar-refractivity contribution in [1.82, 2.24) is 49.7 Å². The predicted molar refractivity (Wildman–Crippen MR) is 408 cm³/mol. The quantitative estimate of drug-likeness (QED) is 0.0459. The molecular formula is C82H102N12O10Zn3. The van der Waals surface area contributed by atoms with Crippen molar-refractivity contribution in [1.29, 1.82) is 0 Å². The number of hydrogen-bond donors (Lipinski definition) is 4. The van der Waals surface area contributed by atoms with Gasteiger partial charge in [-0.3, -0.25) is 9.80 Å². The molecule has 12 rings (SSSR count). The number of rotatable bonds is 22. The van der Waals surface area contributed by atoms with E-state index in [1.165, 1.54) is 11.1 Å². The molecule has 25 heteroatoms. The third-order valence-electron chi connectivity index (χ3n) is 20.8. The van der Waals surface area contributed by atoms with Crippen LogP contribution in [-0.4, -0.2) is 152 Å². The average Bonchev–Trinajstić information content (AvgIpc) is 1.63. The first-order valence-electron chi connectivity index (χ1n) is 36.9. The number of aryl methyl sites for hydroxylation is 8. The number of allylic oxidation sites excluding steroid dienone is 8. The van der Waals surface area contributed by atoms with Crippen molar-refractivity contribution in [2.45, 2.75) is 173 Å². The number of carboxylic acids is 4. The van der Waals surface area contributed by atoms with Crippen molar-refractivity contribution in [2.24, 2.45) is 0 Å². The van der Waals surface area contributed by atoms with Gasteiger partial charge in [0.1, 0.15) is 0 Å². The number of morpholine rings is 2. The molecule has 0 spiro atoms. The van der Waals surface area contributed by atoms with Crippen LogP contribution in [0.5, 0.6) is 0 Å². The van der Waals surface area contributed by atoms with Crippen molar-refractivity contribution < 1.29 is 108 Å². The van der Waals surface area contributed by atoms with Gasteiger partial charge in [0.25, 0.3) is 0 Å². The second kappa shape index (κ2) is 41.5. The molecule has 0 radical (unpaired) electrons. The van der Waals surface area contributed by atoms with Crippen LogP contribution in [-0.2, 0) is 113 Å². The third kappa shape index (κ3) is 22.0. The molecule has 2 fully saturated rings. The van der Waals surface area contributed by atoms with E-state index in [0.717, 1.165) is 260 Å². The Hall–Kier alpha value is -7.29. The Morgan fingerprint density at radius 3 is 0.888 bits per heavy atom. The van der Waals surface area contributed by atoms with Gasteiger partial charge in [-0.15, -0.1) is 13.1 Å².